The molecule has 0 amide bonds. The molecule has 222 valence electrons. The van der Waals surface area contributed by atoms with Crippen LogP contribution in [0.4, 0.5) is 0 Å². The van der Waals surface area contributed by atoms with Crippen molar-refractivity contribution in [1.29, 1.82) is 0 Å². The highest BCUT2D eigenvalue weighted by Gasteiger charge is 2.43. The Morgan fingerprint density at radius 3 is 2.51 bits per heavy atom. The number of imidazole rings is 1. The van der Waals surface area contributed by atoms with E-state index in [1.54, 1.807) is 12.5 Å². The van der Waals surface area contributed by atoms with Crippen LogP contribution in [-0.4, -0.2) is 62.6 Å². The highest BCUT2D eigenvalue weighted by Crippen LogP contribution is 2.37. The minimum atomic E-state index is -1.19. The minimum Gasteiger partial charge on any atom is -0.597 e. The van der Waals surface area contributed by atoms with Crippen molar-refractivity contribution in [3.63, 3.8) is 0 Å². The number of aromatic nitrogens is 3. The molecule has 3 rings (SSSR count). The molecule has 9 nitrogen and oxygen atoms in total. The molecule has 0 saturated carbocycles. The predicted molar refractivity (Wildman–Crippen MR) is 160 cm³/mol. The van der Waals surface area contributed by atoms with Gasteiger partial charge in [-0.05, 0) is 62.5 Å². The van der Waals surface area contributed by atoms with Crippen LogP contribution in [0.15, 0.2) is 27.7 Å². The van der Waals surface area contributed by atoms with Gasteiger partial charge in [0, 0.05) is 39.0 Å². The lowest BCUT2D eigenvalue weighted by molar-refractivity contribution is -0.187. The van der Waals surface area contributed by atoms with E-state index < -0.39 is 25.2 Å². The van der Waals surface area contributed by atoms with Crippen molar-refractivity contribution in [1.82, 2.24) is 18.8 Å². The van der Waals surface area contributed by atoms with E-state index in [2.05, 4.69) is 56.4 Å². The van der Waals surface area contributed by atoms with Gasteiger partial charge in [-0.1, -0.05) is 32.5 Å². The summed E-state index contributed by atoms with van der Waals surface area (Å²) in [5.41, 5.74) is 0. The molecule has 1 aliphatic rings. The molecule has 3 heterocycles. The number of halogens is 1. The first-order valence-electron chi connectivity index (χ1n) is 14.0. The molecule has 0 aromatic carbocycles. The van der Waals surface area contributed by atoms with Crippen LogP contribution in [0.2, 0.25) is 25.7 Å². The fourth-order valence-electron chi connectivity index (χ4n) is 4.62. The zero-order valence-corrected chi connectivity index (χ0v) is 28.1. The van der Waals surface area contributed by atoms with Crippen molar-refractivity contribution in [2.24, 2.45) is 0 Å². The van der Waals surface area contributed by atoms with Crippen LogP contribution in [0, 0.1) is 0 Å². The Balaban J connectivity index is 1.70. The summed E-state index contributed by atoms with van der Waals surface area (Å²) >= 11 is 2.48. The van der Waals surface area contributed by atoms with Gasteiger partial charge in [0.15, 0.2) is 0 Å². The number of hydrogen-bond acceptors (Lipinski definition) is 8. The molecule has 1 aliphatic heterocycles. The quantitative estimate of drug-likeness (QED) is 0.114. The molecule has 2 atom stereocenters. The zero-order chi connectivity index (χ0) is 28.7. The molecule has 12 heteroatoms. The summed E-state index contributed by atoms with van der Waals surface area (Å²) < 4.78 is 41.8. The van der Waals surface area contributed by atoms with Crippen LogP contribution in [0.5, 0.6) is 0 Å². The molecule has 0 spiro atoms. The van der Waals surface area contributed by atoms with Gasteiger partial charge in [-0.15, -0.1) is 4.31 Å². The van der Waals surface area contributed by atoms with Gasteiger partial charge in [0.2, 0.25) is 5.79 Å². The van der Waals surface area contributed by atoms with Crippen molar-refractivity contribution < 1.29 is 23.2 Å². The molecular formula is C27H47BrN4O5SSi. The summed E-state index contributed by atoms with van der Waals surface area (Å²) in [6.07, 6.45) is 9.28. The third-order valence-electron chi connectivity index (χ3n) is 6.74. The maximum absolute atomic E-state index is 13.6. The number of ether oxygens (including phenoxy) is 3. The lowest BCUT2D eigenvalue weighted by atomic mass is 10.0. The Morgan fingerprint density at radius 1 is 1.21 bits per heavy atom. The predicted octanol–water partition coefficient (Wildman–Crippen LogP) is 6.62. The molecule has 2 aromatic rings. The molecule has 1 fully saturated rings. The number of nitrogens with zero attached hydrogens (tertiary/aromatic N) is 4. The number of oxazole rings is 1. The average molecular weight is 648 g/mol. The van der Waals surface area contributed by atoms with E-state index in [4.69, 9.17) is 23.6 Å². The fraction of sp³-hybridized carbons (Fsp3) is 0.778. The first-order valence-corrected chi connectivity index (χ1v) is 19.6. The minimum absolute atomic E-state index is 0.110. The van der Waals surface area contributed by atoms with Crippen molar-refractivity contribution in [2.75, 3.05) is 26.4 Å². The summed E-state index contributed by atoms with van der Waals surface area (Å²) in [7, 11) is -1.18. The van der Waals surface area contributed by atoms with Crippen LogP contribution in [-0.2, 0) is 38.1 Å². The Hall–Kier alpha value is -0.733. The Kier molecular flexibility index (Phi) is 12.1. The highest BCUT2D eigenvalue weighted by molar-refractivity contribution is 9.10. The lowest BCUT2D eigenvalue weighted by Crippen LogP contribution is -2.45. The van der Waals surface area contributed by atoms with Crippen LogP contribution < -0.4 is 0 Å². The van der Waals surface area contributed by atoms with Gasteiger partial charge in [-0.3, -0.25) is 4.57 Å². The van der Waals surface area contributed by atoms with Gasteiger partial charge in [0.1, 0.15) is 34.2 Å². The normalized spacial score (nSPS) is 17.7. The number of rotatable bonds is 16. The van der Waals surface area contributed by atoms with Crippen LogP contribution in [0.3, 0.4) is 0 Å². The van der Waals surface area contributed by atoms with Gasteiger partial charge < -0.3 is 23.2 Å². The van der Waals surface area contributed by atoms with E-state index in [1.807, 2.05) is 27.0 Å². The van der Waals surface area contributed by atoms with Gasteiger partial charge in [-0.2, -0.15) is 0 Å². The van der Waals surface area contributed by atoms with Crippen molar-refractivity contribution in [2.45, 2.75) is 109 Å². The summed E-state index contributed by atoms with van der Waals surface area (Å²) in [5.74, 6) is 0.477. The Morgan fingerprint density at radius 2 is 1.92 bits per heavy atom. The van der Waals surface area contributed by atoms with Gasteiger partial charge >= 0.3 is 0 Å². The third-order valence-corrected chi connectivity index (χ3v) is 11.1. The Bertz CT molecular complexity index is 989. The van der Waals surface area contributed by atoms with Crippen molar-refractivity contribution >= 4 is 35.4 Å². The van der Waals surface area contributed by atoms with Crippen molar-refractivity contribution in [3.8, 4) is 0 Å². The second-order valence-corrected chi connectivity index (χ2v) is 20.8. The summed E-state index contributed by atoms with van der Waals surface area (Å²) in [5, 5.41) is 0. The maximum Gasteiger partial charge on any atom is 0.255 e. The molecule has 1 unspecified atom stereocenters. The van der Waals surface area contributed by atoms with E-state index in [9.17, 15) is 4.55 Å². The molecule has 0 radical (unpaired) electrons. The SMILES string of the molecule is CCN([C@@H](CCCCCC1(c2ncco2)OCCO1)c1ncc(Br)n1COCC[Si](C)(C)C)[S+]([O-])C(C)(C)C. The first-order chi connectivity index (χ1) is 18.4. The molecule has 2 aromatic heterocycles. The van der Waals surface area contributed by atoms with E-state index in [0.717, 1.165) is 48.8 Å². The topological polar surface area (TPSA) is 97.8 Å². The van der Waals surface area contributed by atoms with E-state index >= 15 is 0 Å². The van der Waals surface area contributed by atoms with Crippen molar-refractivity contribution in [3.05, 3.63) is 35.0 Å². The van der Waals surface area contributed by atoms with E-state index in [1.165, 1.54) is 0 Å². The average Bonchev–Trinajstić information content (AvgIpc) is 3.62. The first kappa shape index (κ1) is 32.8. The van der Waals surface area contributed by atoms with Crippen LogP contribution in [0.25, 0.3) is 0 Å². The smallest absolute Gasteiger partial charge is 0.255 e. The number of unbranched alkanes of at least 4 members (excludes halogenated alkanes) is 2. The third kappa shape index (κ3) is 9.13. The standard InChI is InChI=1S/C27H47BrN4O5SSi/c1-8-32(38(33)26(2,3)4)22(24-30-20-23(28)31(24)21-34-18-19-39(5,6)7)12-10-9-11-13-27(36-16-17-37-27)25-29-14-15-35-25/h14-15,20,22H,8-13,16-19,21H2,1-7H3/t22-,38?/m0/s1. The molecule has 39 heavy (non-hydrogen) atoms. The largest absolute Gasteiger partial charge is 0.597 e. The van der Waals surface area contributed by atoms with Crippen LogP contribution >= 0.6 is 15.9 Å². The van der Waals surface area contributed by atoms with Gasteiger partial charge in [0.25, 0.3) is 5.89 Å². The van der Waals surface area contributed by atoms with Crippen LogP contribution in [0.1, 0.15) is 77.6 Å². The molecule has 0 bridgehead atoms. The monoisotopic (exact) mass is 646 g/mol. The zero-order valence-electron chi connectivity index (χ0n) is 24.7. The van der Waals surface area contributed by atoms with Gasteiger partial charge in [-0.25, -0.2) is 9.97 Å². The second-order valence-electron chi connectivity index (χ2n) is 12.2. The van der Waals surface area contributed by atoms with E-state index in [0.29, 0.717) is 38.8 Å². The molecule has 1 saturated heterocycles. The van der Waals surface area contributed by atoms with E-state index in [-0.39, 0.29) is 10.8 Å². The Labute approximate surface area is 246 Å². The lowest BCUT2D eigenvalue weighted by Gasteiger charge is -2.36. The summed E-state index contributed by atoms with van der Waals surface area (Å²) in [6.45, 7) is 18.1. The molecular weight excluding hydrogens is 600 g/mol. The fourth-order valence-corrected chi connectivity index (χ4v) is 7.13. The summed E-state index contributed by atoms with van der Waals surface area (Å²) in [6, 6.07) is 0.997. The summed E-state index contributed by atoms with van der Waals surface area (Å²) in [4.78, 5) is 9.08. The number of hydrogen-bond donors (Lipinski definition) is 0. The van der Waals surface area contributed by atoms with Gasteiger partial charge in [0.05, 0.1) is 25.6 Å². The second kappa shape index (κ2) is 14.4. The molecule has 0 N–H and O–H groups in total. The molecule has 0 aliphatic carbocycles. The highest BCUT2D eigenvalue weighted by atomic mass is 79.9. The maximum atomic E-state index is 13.6.